The normalized spacial score (nSPS) is 23.1. The van der Waals surface area contributed by atoms with E-state index in [0.29, 0.717) is 43.3 Å². The first kappa shape index (κ1) is 18.6. The van der Waals surface area contributed by atoms with Crippen molar-refractivity contribution in [3.8, 4) is 11.5 Å². The fourth-order valence-electron chi connectivity index (χ4n) is 4.38. The molecular weight excluding hydrogens is 342 g/mol. The van der Waals surface area contributed by atoms with Crippen LogP contribution in [0, 0.1) is 11.8 Å². The van der Waals surface area contributed by atoms with E-state index < -0.39 is 0 Å². The summed E-state index contributed by atoms with van der Waals surface area (Å²) >= 11 is 0. The minimum atomic E-state index is 0.292. The summed E-state index contributed by atoms with van der Waals surface area (Å²) in [5.41, 5.74) is 1.22. The standard InChI is InChI=1S/C22H31NO4/c1-2-25-15-16-4-3-9-23(14-16)22(24)13-19(17-5-6-17)18-7-8-20-21(12-18)27-11-10-26-20/h7-8,12,16-17,19H,2-6,9-11,13-15H2,1H3. The Labute approximate surface area is 162 Å². The predicted octanol–water partition coefficient (Wildman–Crippen LogP) is 3.62. The zero-order valence-corrected chi connectivity index (χ0v) is 16.3. The largest absolute Gasteiger partial charge is 0.486 e. The van der Waals surface area contributed by atoms with Crippen LogP contribution < -0.4 is 9.47 Å². The Morgan fingerprint density at radius 1 is 1.22 bits per heavy atom. The zero-order valence-electron chi connectivity index (χ0n) is 16.3. The number of amides is 1. The van der Waals surface area contributed by atoms with Gasteiger partial charge in [-0.15, -0.1) is 0 Å². The van der Waals surface area contributed by atoms with E-state index in [1.165, 1.54) is 18.4 Å². The van der Waals surface area contributed by atoms with Crippen LogP contribution in [0.5, 0.6) is 11.5 Å². The summed E-state index contributed by atoms with van der Waals surface area (Å²) in [6, 6.07) is 6.22. The fourth-order valence-corrected chi connectivity index (χ4v) is 4.38. The van der Waals surface area contributed by atoms with Gasteiger partial charge in [0.15, 0.2) is 11.5 Å². The minimum Gasteiger partial charge on any atom is -0.486 e. The van der Waals surface area contributed by atoms with Crippen LogP contribution in [-0.4, -0.2) is 50.3 Å². The molecule has 1 saturated heterocycles. The molecule has 5 nitrogen and oxygen atoms in total. The molecule has 1 amide bonds. The molecule has 1 aromatic rings. The summed E-state index contributed by atoms with van der Waals surface area (Å²) in [7, 11) is 0. The van der Waals surface area contributed by atoms with Gasteiger partial charge in [0.1, 0.15) is 13.2 Å². The van der Waals surface area contributed by atoms with Crippen molar-refractivity contribution in [2.45, 2.75) is 44.9 Å². The van der Waals surface area contributed by atoms with Crippen LogP contribution in [0.15, 0.2) is 18.2 Å². The molecule has 0 bridgehead atoms. The number of fused-ring (bicyclic) bond motifs is 1. The van der Waals surface area contributed by atoms with E-state index in [1.54, 1.807) is 0 Å². The van der Waals surface area contributed by atoms with Crippen LogP contribution in [-0.2, 0) is 9.53 Å². The van der Waals surface area contributed by atoms with Crippen molar-refractivity contribution in [2.75, 3.05) is 39.5 Å². The van der Waals surface area contributed by atoms with Crippen molar-refractivity contribution < 1.29 is 19.0 Å². The first-order chi connectivity index (χ1) is 13.2. The summed E-state index contributed by atoms with van der Waals surface area (Å²) in [4.78, 5) is 15.1. The van der Waals surface area contributed by atoms with Crippen LogP contribution in [0.1, 0.15) is 50.5 Å². The Morgan fingerprint density at radius 2 is 2.04 bits per heavy atom. The SMILES string of the molecule is CCOCC1CCCN(C(=O)CC(c2ccc3c(c2)OCCO3)C2CC2)C1. The number of carbonyl (C=O) groups excluding carboxylic acids is 1. The molecule has 5 heteroatoms. The maximum Gasteiger partial charge on any atom is 0.223 e. The number of ether oxygens (including phenoxy) is 3. The third kappa shape index (κ3) is 4.57. The number of piperidine rings is 1. The van der Waals surface area contributed by atoms with Crippen LogP contribution in [0.3, 0.4) is 0 Å². The molecule has 148 valence electrons. The molecule has 0 aromatic heterocycles. The number of benzene rings is 1. The highest BCUT2D eigenvalue weighted by Gasteiger charge is 2.36. The van der Waals surface area contributed by atoms with Crippen molar-refractivity contribution in [3.63, 3.8) is 0 Å². The highest BCUT2D eigenvalue weighted by molar-refractivity contribution is 5.77. The van der Waals surface area contributed by atoms with Gasteiger partial charge in [-0.3, -0.25) is 4.79 Å². The third-order valence-corrected chi connectivity index (χ3v) is 6.01. The van der Waals surface area contributed by atoms with Crippen LogP contribution >= 0.6 is 0 Å². The summed E-state index contributed by atoms with van der Waals surface area (Å²) in [5, 5.41) is 0. The quantitative estimate of drug-likeness (QED) is 0.732. The number of carbonyl (C=O) groups is 1. The Balaban J connectivity index is 1.42. The second-order valence-electron chi connectivity index (χ2n) is 8.06. The second kappa shape index (κ2) is 8.51. The van der Waals surface area contributed by atoms with Gasteiger partial charge in [-0.1, -0.05) is 6.07 Å². The molecule has 0 N–H and O–H groups in total. The molecule has 1 aliphatic carbocycles. The molecule has 2 unspecified atom stereocenters. The Hall–Kier alpha value is -1.75. The smallest absolute Gasteiger partial charge is 0.223 e. The topological polar surface area (TPSA) is 48.0 Å². The second-order valence-corrected chi connectivity index (χ2v) is 8.06. The molecule has 1 saturated carbocycles. The van der Waals surface area contributed by atoms with Crippen molar-refractivity contribution in [1.82, 2.24) is 4.90 Å². The Bertz CT molecular complexity index is 658. The Morgan fingerprint density at radius 3 is 2.81 bits per heavy atom. The van der Waals surface area contributed by atoms with E-state index >= 15 is 0 Å². The highest BCUT2D eigenvalue weighted by atomic mass is 16.6. The van der Waals surface area contributed by atoms with Gasteiger partial charge in [0.2, 0.25) is 5.91 Å². The number of nitrogens with zero attached hydrogens (tertiary/aromatic N) is 1. The molecule has 2 aliphatic heterocycles. The lowest BCUT2D eigenvalue weighted by Gasteiger charge is -2.33. The monoisotopic (exact) mass is 373 g/mol. The molecular formula is C22H31NO4. The molecule has 2 heterocycles. The summed E-state index contributed by atoms with van der Waals surface area (Å²) in [6.45, 7) is 6.48. The van der Waals surface area contributed by atoms with Gasteiger partial charge in [0.25, 0.3) is 0 Å². The van der Waals surface area contributed by atoms with E-state index in [-0.39, 0.29) is 0 Å². The number of rotatable bonds is 7. The fraction of sp³-hybridized carbons (Fsp3) is 0.682. The van der Waals surface area contributed by atoms with Crippen molar-refractivity contribution >= 4 is 5.91 Å². The van der Waals surface area contributed by atoms with E-state index in [2.05, 4.69) is 17.0 Å². The van der Waals surface area contributed by atoms with Crippen molar-refractivity contribution in [2.24, 2.45) is 11.8 Å². The summed E-state index contributed by atoms with van der Waals surface area (Å²) < 4.78 is 17.0. The first-order valence-corrected chi connectivity index (χ1v) is 10.5. The van der Waals surface area contributed by atoms with Crippen LogP contribution in [0.25, 0.3) is 0 Å². The molecule has 3 aliphatic rings. The number of likely N-dealkylation sites (tertiary alicyclic amines) is 1. The van der Waals surface area contributed by atoms with Gasteiger partial charge >= 0.3 is 0 Å². The number of hydrogen-bond donors (Lipinski definition) is 0. The third-order valence-electron chi connectivity index (χ3n) is 6.01. The maximum absolute atomic E-state index is 13.1. The lowest BCUT2D eigenvalue weighted by atomic mass is 9.89. The van der Waals surface area contributed by atoms with Crippen LogP contribution in [0.2, 0.25) is 0 Å². The zero-order chi connectivity index (χ0) is 18.6. The summed E-state index contributed by atoms with van der Waals surface area (Å²) in [6.07, 6.45) is 5.30. The average molecular weight is 373 g/mol. The average Bonchev–Trinajstić information content (AvgIpc) is 3.55. The van der Waals surface area contributed by atoms with Crippen LogP contribution in [0.4, 0.5) is 0 Å². The molecule has 27 heavy (non-hydrogen) atoms. The lowest BCUT2D eigenvalue weighted by Crippen LogP contribution is -2.41. The van der Waals surface area contributed by atoms with Gasteiger partial charge in [0, 0.05) is 26.1 Å². The van der Waals surface area contributed by atoms with Crippen molar-refractivity contribution in [3.05, 3.63) is 23.8 Å². The van der Waals surface area contributed by atoms with E-state index in [4.69, 9.17) is 14.2 Å². The van der Waals surface area contributed by atoms with E-state index in [9.17, 15) is 4.79 Å². The molecule has 0 spiro atoms. The summed E-state index contributed by atoms with van der Waals surface area (Å²) in [5.74, 6) is 3.34. The van der Waals surface area contributed by atoms with Gasteiger partial charge in [0.05, 0.1) is 6.61 Å². The molecule has 0 radical (unpaired) electrons. The number of hydrogen-bond acceptors (Lipinski definition) is 4. The minimum absolute atomic E-state index is 0.292. The molecule has 2 atom stereocenters. The van der Waals surface area contributed by atoms with E-state index in [0.717, 1.165) is 50.6 Å². The van der Waals surface area contributed by atoms with Gasteiger partial charge in [-0.25, -0.2) is 0 Å². The maximum atomic E-state index is 13.1. The lowest BCUT2D eigenvalue weighted by molar-refractivity contribution is -0.134. The molecule has 2 fully saturated rings. The first-order valence-electron chi connectivity index (χ1n) is 10.5. The van der Waals surface area contributed by atoms with E-state index in [1.807, 2.05) is 13.0 Å². The van der Waals surface area contributed by atoms with Gasteiger partial charge in [-0.05, 0) is 68.1 Å². The van der Waals surface area contributed by atoms with Gasteiger partial charge in [-0.2, -0.15) is 0 Å². The molecule has 1 aromatic carbocycles. The Kier molecular flexibility index (Phi) is 5.86. The van der Waals surface area contributed by atoms with Gasteiger partial charge < -0.3 is 19.1 Å². The predicted molar refractivity (Wildman–Crippen MR) is 103 cm³/mol. The van der Waals surface area contributed by atoms with Crippen molar-refractivity contribution in [1.29, 1.82) is 0 Å². The highest BCUT2D eigenvalue weighted by Crippen LogP contribution is 2.46. The molecule has 4 rings (SSSR count).